The van der Waals surface area contributed by atoms with E-state index in [1.54, 1.807) is 0 Å². The minimum Gasteiger partial charge on any atom is -0.303 e. The highest BCUT2D eigenvalue weighted by atomic mass is 15.1. The van der Waals surface area contributed by atoms with Crippen molar-refractivity contribution in [3.8, 4) is 0 Å². The van der Waals surface area contributed by atoms with Gasteiger partial charge in [-0.25, -0.2) is 0 Å². The van der Waals surface area contributed by atoms with Crippen LogP contribution in [0.1, 0.15) is 71.6 Å². The lowest BCUT2D eigenvalue weighted by Crippen LogP contribution is -2.28. The smallest absolute Gasteiger partial charge is 0.0112 e. The van der Waals surface area contributed by atoms with E-state index < -0.39 is 0 Å². The van der Waals surface area contributed by atoms with Crippen LogP contribution in [0, 0.1) is 0 Å². The average Bonchev–Trinajstić information content (AvgIpc) is 2.35. The number of unbranched alkanes of at least 4 members (excludes halogenated alkanes) is 6. The van der Waals surface area contributed by atoms with E-state index in [4.69, 9.17) is 5.73 Å². The van der Waals surface area contributed by atoms with Gasteiger partial charge >= 0.3 is 0 Å². The van der Waals surface area contributed by atoms with Gasteiger partial charge in [-0.2, -0.15) is 0 Å². The van der Waals surface area contributed by atoms with Crippen LogP contribution in [-0.2, 0) is 0 Å². The molecule has 0 saturated carbocycles. The Hall–Kier alpha value is -0.0800. The molecule has 0 aliphatic rings. The van der Waals surface area contributed by atoms with E-state index in [0.29, 0.717) is 6.54 Å². The summed E-state index contributed by atoms with van der Waals surface area (Å²) in [6.45, 7) is 8.77. The highest BCUT2D eigenvalue weighted by Gasteiger charge is 2.03. The molecule has 0 aliphatic carbocycles. The van der Waals surface area contributed by atoms with Crippen molar-refractivity contribution in [3.05, 3.63) is 0 Å². The van der Waals surface area contributed by atoms with Gasteiger partial charge in [-0.1, -0.05) is 52.4 Å². The quantitative estimate of drug-likeness (QED) is 0.446. The van der Waals surface area contributed by atoms with Gasteiger partial charge in [-0.05, 0) is 38.9 Å². The summed E-state index contributed by atoms with van der Waals surface area (Å²) in [4.78, 5) is 2.58. The Morgan fingerprint density at radius 2 is 1.12 bits per heavy atom. The maximum Gasteiger partial charge on any atom is 0.0112 e. The van der Waals surface area contributed by atoms with Crippen molar-refractivity contribution in [2.75, 3.05) is 26.2 Å². The van der Waals surface area contributed by atoms with Gasteiger partial charge in [-0.15, -0.1) is 0 Å². The summed E-state index contributed by atoms with van der Waals surface area (Å²) in [6.07, 6.45) is 11.9. The summed E-state index contributed by atoms with van der Waals surface area (Å²) in [5.74, 6) is 0. The van der Waals surface area contributed by atoms with Gasteiger partial charge in [0.2, 0.25) is 0 Å². The van der Waals surface area contributed by atoms with E-state index in [1.807, 2.05) is 0 Å². The van der Waals surface area contributed by atoms with Gasteiger partial charge in [0.15, 0.2) is 0 Å². The SMILES string of the molecule is CCCCCCN(CCC[NH])CCCCCC. The molecule has 1 radical (unpaired) electrons. The second kappa shape index (κ2) is 14.0. The standard InChI is InChI=1S/C15H33N2/c1-3-5-7-9-13-17(15-11-12-16)14-10-8-6-4-2/h16H,3-15H2,1-2H3. The molecule has 0 aromatic heterocycles. The first-order valence-corrected chi connectivity index (χ1v) is 7.72. The van der Waals surface area contributed by atoms with Gasteiger partial charge in [0, 0.05) is 6.54 Å². The zero-order valence-corrected chi connectivity index (χ0v) is 12.1. The molecule has 1 N–H and O–H groups in total. The Bertz CT molecular complexity index is 125. The first-order chi connectivity index (χ1) is 8.35. The molecular formula is C15H33N2. The number of rotatable bonds is 13. The summed E-state index contributed by atoms with van der Waals surface area (Å²) in [5, 5.41) is 0. The third-order valence-electron chi connectivity index (χ3n) is 3.31. The Morgan fingerprint density at radius 3 is 1.53 bits per heavy atom. The lowest BCUT2D eigenvalue weighted by molar-refractivity contribution is 0.259. The van der Waals surface area contributed by atoms with Crippen LogP contribution in [0.15, 0.2) is 0 Å². The molecule has 17 heavy (non-hydrogen) atoms. The maximum atomic E-state index is 7.26. The minimum atomic E-state index is 0.584. The number of nitrogens with zero attached hydrogens (tertiary/aromatic N) is 1. The molecule has 0 aliphatic heterocycles. The zero-order chi connectivity index (χ0) is 12.8. The summed E-state index contributed by atoms with van der Waals surface area (Å²) in [6, 6.07) is 0. The topological polar surface area (TPSA) is 27.0 Å². The third-order valence-corrected chi connectivity index (χ3v) is 3.31. The normalized spacial score (nSPS) is 11.3. The molecule has 0 aromatic carbocycles. The molecule has 0 amide bonds. The first-order valence-electron chi connectivity index (χ1n) is 7.72. The highest BCUT2D eigenvalue weighted by molar-refractivity contribution is 4.59. The Balaban J connectivity index is 3.56. The van der Waals surface area contributed by atoms with E-state index in [0.717, 1.165) is 13.0 Å². The second-order valence-electron chi connectivity index (χ2n) is 5.07. The summed E-state index contributed by atoms with van der Waals surface area (Å²) < 4.78 is 0. The minimum absolute atomic E-state index is 0.584. The van der Waals surface area contributed by atoms with Gasteiger partial charge in [0.1, 0.15) is 0 Å². The lowest BCUT2D eigenvalue weighted by atomic mass is 10.1. The van der Waals surface area contributed by atoms with Gasteiger partial charge in [0.05, 0.1) is 0 Å². The van der Waals surface area contributed by atoms with Crippen molar-refractivity contribution in [3.63, 3.8) is 0 Å². The Morgan fingerprint density at radius 1 is 0.647 bits per heavy atom. The van der Waals surface area contributed by atoms with Gasteiger partial charge in [-0.3, -0.25) is 5.73 Å². The van der Waals surface area contributed by atoms with E-state index in [9.17, 15) is 0 Å². The van der Waals surface area contributed by atoms with E-state index in [1.165, 1.54) is 64.5 Å². The molecule has 0 saturated heterocycles. The molecule has 0 atom stereocenters. The predicted octanol–water partition coefficient (Wildman–Crippen LogP) is 4.12. The highest BCUT2D eigenvalue weighted by Crippen LogP contribution is 2.05. The van der Waals surface area contributed by atoms with Crippen molar-refractivity contribution in [2.24, 2.45) is 0 Å². The van der Waals surface area contributed by atoms with Crippen LogP contribution in [0.25, 0.3) is 0 Å². The fraction of sp³-hybridized carbons (Fsp3) is 1.00. The van der Waals surface area contributed by atoms with Crippen molar-refractivity contribution in [1.82, 2.24) is 10.6 Å². The largest absolute Gasteiger partial charge is 0.303 e. The van der Waals surface area contributed by atoms with Crippen molar-refractivity contribution in [1.29, 1.82) is 0 Å². The molecule has 2 nitrogen and oxygen atoms in total. The Kier molecular flexibility index (Phi) is 13.9. The van der Waals surface area contributed by atoms with E-state index in [2.05, 4.69) is 18.7 Å². The van der Waals surface area contributed by atoms with Crippen molar-refractivity contribution >= 4 is 0 Å². The number of hydrogen-bond donors (Lipinski definition) is 0. The van der Waals surface area contributed by atoms with Crippen LogP contribution in [0.3, 0.4) is 0 Å². The van der Waals surface area contributed by atoms with Crippen LogP contribution in [0.5, 0.6) is 0 Å². The summed E-state index contributed by atoms with van der Waals surface area (Å²) in [7, 11) is 0. The first kappa shape index (κ1) is 16.9. The summed E-state index contributed by atoms with van der Waals surface area (Å²) >= 11 is 0. The van der Waals surface area contributed by atoms with E-state index in [-0.39, 0.29) is 0 Å². The third kappa shape index (κ3) is 12.2. The van der Waals surface area contributed by atoms with Crippen LogP contribution in [0.2, 0.25) is 0 Å². The molecule has 0 heterocycles. The monoisotopic (exact) mass is 241 g/mol. The second-order valence-corrected chi connectivity index (χ2v) is 5.07. The fourth-order valence-corrected chi connectivity index (χ4v) is 2.16. The fourth-order valence-electron chi connectivity index (χ4n) is 2.16. The molecule has 2 heteroatoms. The number of hydrogen-bond acceptors (Lipinski definition) is 1. The number of nitrogens with one attached hydrogen (secondary N) is 1. The molecule has 0 fully saturated rings. The Labute approximate surface area is 109 Å². The van der Waals surface area contributed by atoms with Gasteiger partial charge < -0.3 is 4.90 Å². The molecular weight excluding hydrogens is 208 g/mol. The van der Waals surface area contributed by atoms with Crippen LogP contribution >= 0.6 is 0 Å². The molecule has 0 bridgehead atoms. The zero-order valence-electron chi connectivity index (χ0n) is 12.1. The van der Waals surface area contributed by atoms with Crippen LogP contribution < -0.4 is 5.73 Å². The molecule has 0 rings (SSSR count). The molecule has 0 spiro atoms. The van der Waals surface area contributed by atoms with Crippen LogP contribution in [0.4, 0.5) is 0 Å². The van der Waals surface area contributed by atoms with Crippen LogP contribution in [-0.4, -0.2) is 31.1 Å². The average molecular weight is 241 g/mol. The maximum absolute atomic E-state index is 7.26. The molecule has 103 valence electrons. The van der Waals surface area contributed by atoms with E-state index >= 15 is 0 Å². The van der Waals surface area contributed by atoms with Crippen molar-refractivity contribution in [2.45, 2.75) is 71.6 Å². The predicted molar refractivity (Wildman–Crippen MR) is 77.3 cm³/mol. The molecule has 0 aromatic rings. The van der Waals surface area contributed by atoms with Gasteiger partial charge in [0.25, 0.3) is 0 Å². The summed E-state index contributed by atoms with van der Waals surface area (Å²) in [5.41, 5.74) is 7.26. The van der Waals surface area contributed by atoms with Crippen molar-refractivity contribution < 1.29 is 0 Å². The molecule has 0 unspecified atom stereocenters. The lowest BCUT2D eigenvalue weighted by Gasteiger charge is -2.21.